The summed E-state index contributed by atoms with van der Waals surface area (Å²) in [6.07, 6.45) is -0.0853. The lowest BCUT2D eigenvalue weighted by Gasteiger charge is -2.42. The molecule has 0 saturated carbocycles. The molecular formula is C19H27N3O3. The Balaban J connectivity index is 1.93. The van der Waals surface area contributed by atoms with Gasteiger partial charge in [-0.3, -0.25) is 9.69 Å². The molecule has 0 aliphatic carbocycles. The third-order valence-corrected chi connectivity index (χ3v) is 4.04. The van der Waals surface area contributed by atoms with Crippen LogP contribution in [0.3, 0.4) is 0 Å². The molecule has 1 saturated heterocycles. The summed E-state index contributed by atoms with van der Waals surface area (Å²) in [5, 5.41) is 9.04. The second kappa shape index (κ2) is 8.43. The average molecular weight is 345 g/mol. The van der Waals surface area contributed by atoms with Crippen molar-refractivity contribution in [1.29, 1.82) is 5.26 Å². The molecule has 1 heterocycles. The largest absolute Gasteiger partial charge is 0.369 e. The fourth-order valence-electron chi connectivity index (χ4n) is 3.03. The van der Waals surface area contributed by atoms with E-state index in [2.05, 4.69) is 24.8 Å². The fourth-order valence-corrected chi connectivity index (χ4v) is 3.03. The molecule has 1 aliphatic rings. The molecule has 1 aromatic carbocycles. The van der Waals surface area contributed by atoms with Crippen LogP contribution < -0.4 is 0 Å². The van der Waals surface area contributed by atoms with Gasteiger partial charge in [0.1, 0.15) is 6.61 Å². The highest BCUT2D eigenvalue weighted by Crippen LogP contribution is 2.23. The number of benzene rings is 1. The summed E-state index contributed by atoms with van der Waals surface area (Å²) in [5.74, 6) is -0.0553. The van der Waals surface area contributed by atoms with Crippen LogP contribution in [-0.2, 0) is 20.8 Å². The zero-order valence-electron chi connectivity index (χ0n) is 15.5. The molecule has 136 valence electrons. The third kappa shape index (κ3) is 6.13. The van der Waals surface area contributed by atoms with Crippen molar-refractivity contribution in [2.24, 2.45) is 0 Å². The molecular weight excluding hydrogens is 318 g/mol. The molecule has 0 aromatic heterocycles. The maximum absolute atomic E-state index is 11.6. The summed E-state index contributed by atoms with van der Waals surface area (Å²) in [7, 11) is 3.42. The van der Waals surface area contributed by atoms with E-state index < -0.39 is 0 Å². The Bertz CT molecular complexity index is 637. The van der Waals surface area contributed by atoms with E-state index in [1.807, 2.05) is 24.3 Å². The van der Waals surface area contributed by atoms with Crippen molar-refractivity contribution in [3.63, 3.8) is 0 Å². The Hall–Kier alpha value is -1.94. The highest BCUT2D eigenvalue weighted by Gasteiger charge is 2.33. The maximum atomic E-state index is 11.6. The first-order chi connectivity index (χ1) is 11.8. The topological polar surface area (TPSA) is 65.8 Å². The predicted octanol–water partition coefficient (Wildman–Crippen LogP) is 1.64. The van der Waals surface area contributed by atoms with Crippen LogP contribution in [0.2, 0.25) is 0 Å². The lowest BCUT2D eigenvalue weighted by atomic mass is 10.0. The van der Waals surface area contributed by atoms with Gasteiger partial charge in [0, 0.05) is 33.7 Å². The van der Waals surface area contributed by atoms with Crippen molar-refractivity contribution in [3.8, 4) is 6.07 Å². The predicted molar refractivity (Wildman–Crippen MR) is 94.9 cm³/mol. The van der Waals surface area contributed by atoms with Crippen LogP contribution in [0.4, 0.5) is 0 Å². The first kappa shape index (κ1) is 19.4. The van der Waals surface area contributed by atoms with Gasteiger partial charge in [-0.2, -0.15) is 5.26 Å². The molecule has 1 atom stereocenters. The molecule has 0 unspecified atom stereocenters. The summed E-state index contributed by atoms with van der Waals surface area (Å²) >= 11 is 0. The second-order valence-corrected chi connectivity index (χ2v) is 7.28. The number of carbonyl (C=O) groups is 1. The van der Waals surface area contributed by atoms with Crippen LogP contribution in [0, 0.1) is 11.3 Å². The smallest absolute Gasteiger partial charge is 0.248 e. The number of nitriles is 1. The number of morpholine rings is 1. The number of hydrogen-bond acceptors (Lipinski definition) is 5. The summed E-state index contributed by atoms with van der Waals surface area (Å²) in [5.41, 5.74) is 1.50. The van der Waals surface area contributed by atoms with Gasteiger partial charge in [0.05, 0.1) is 29.9 Å². The van der Waals surface area contributed by atoms with Crippen LogP contribution in [0.5, 0.6) is 0 Å². The lowest BCUT2D eigenvalue weighted by Crippen LogP contribution is -2.53. The number of nitrogens with zero attached hydrogens (tertiary/aromatic N) is 3. The van der Waals surface area contributed by atoms with Crippen LogP contribution in [-0.4, -0.2) is 67.8 Å². The third-order valence-electron chi connectivity index (χ3n) is 4.04. The molecule has 1 amide bonds. The Labute approximate surface area is 149 Å². The van der Waals surface area contributed by atoms with Gasteiger partial charge in [0.15, 0.2) is 0 Å². The zero-order chi connectivity index (χ0) is 18.4. The number of amides is 1. The minimum absolute atomic E-state index is 0.0553. The first-order valence-corrected chi connectivity index (χ1v) is 8.46. The van der Waals surface area contributed by atoms with E-state index in [4.69, 9.17) is 14.7 Å². The van der Waals surface area contributed by atoms with Gasteiger partial charge in [-0.1, -0.05) is 12.1 Å². The molecule has 0 radical (unpaired) electrons. The van der Waals surface area contributed by atoms with E-state index in [-0.39, 0.29) is 24.2 Å². The normalized spacial score (nSPS) is 20.0. The Kier molecular flexibility index (Phi) is 6.54. The Morgan fingerprint density at radius 1 is 1.48 bits per heavy atom. The quantitative estimate of drug-likeness (QED) is 0.784. The monoisotopic (exact) mass is 345 g/mol. The highest BCUT2D eigenvalue weighted by atomic mass is 16.5. The number of ether oxygens (including phenoxy) is 2. The average Bonchev–Trinajstić information content (AvgIpc) is 2.53. The van der Waals surface area contributed by atoms with E-state index in [0.29, 0.717) is 12.2 Å². The van der Waals surface area contributed by atoms with Gasteiger partial charge in [0.25, 0.3) is 0 Å². The van der Waals surface area contributed by atoms with Crippen molar-refractivity contribution in [1.82, 2.24) is 9.80 Å². The molecule has 0 bridgehead atoms. The minimum atomic E-state index is -0.287. The highest BCUT2D eigenvalue weighted by molar-refractivity contribution is 5.76. The van der Waals surface area contributed by atoms with Crippen LogP contribution in [0.25, 0.3) is 0 Å². The van der Waals surface area contributed by atoms with Crippen molar-refractivity contribution in [2.75, 3.05) is 40.4 Å². The molecule has 0 spiro atoms. The van der Waals surface area contributed by atoms with E-state index in [9.17, 15) is 4.79 Å². The van der Waals surface area contributed by atoms with Gasteiger partial charge in [-0.15, -0.1) is 0 Å². The Morgan fingerprint density at radius 2 is 2.24 bits per heavy atom. The van der Waals surface area contributed by atoms with Gasteiger partial charge < -0.3 is 14.4 Å². The molecule has 0 N–H and O–H groups in total. The second-order valence-electron chi connectivity index (χ2n) is 7.28. The van der Waals surface area contributed by atoms with E-state index in [1.165, 1.54) is 4.90 Å². The van der Waals surface area contributed by atoms with E-state index in [0.717, 1.165) is 25.2 Å². The Morgan fingerprint density at radius 3 is 2.92 bits per heavy atom. The minimum Gasteiger partial charge on any atom is -0.369 e. The zero-order valence-corrected chi connectivity index (χ0v) is 15.5. The molecule has 6 nitrogen and oxygen atoms in total. The number of hydrogen-bond donors (Lipinski definition) is 0. The lowest BCUT2D eigenvalue weighted by molar-refractivity contribution is -0.161. The summed E-state index contributed by atoms with van der Waals surface area (Å²) in [4.78, 5) is 15.4. The maximum Gasteiger partial charge on any atom is 0.248 e. The molecule has 1 aromatic rings. The molecule has 1 aliphatic heterocycles. The summed E-state index contributed by atoms with van der Waals surface area (Å²) in [6.45, 7) is 6.86. The summed E-state index contributed by atoms with van der Waals surface area (Å²) < 4.78 is 11.6. The van der Waals surface area contributed by atoms with Gasteiger partial charge in [-0.05, 0) is 31.5 Å². The van der Waals surface area contributed by atoms with Gasteiger partial charge in [0.2, 0.25) is 5.91 Å². The standard InChI is InChI=1S/C19H27N3O3/c1-19(2)14-22(10-16-7-5-6-15(8-16)9-20)11-17(25-19)12-24-13-18(23)21(3)4/h5-8,17H,10-14H2,1-4H3/t17-/m0/s1. The molecule has 1 fully saturated rings. The number of likely N-dealkylation sites (N-methyl/N-ethyl adjacent to an activating group) is 1. The van der Waals surface area contributed by atoms with Crippen LogP contribution in [0.15, 0.2) is 24.3 Å². The molecule has 2 rings (SSSR count). The van der Waals surface area contributed by atoms with E-state index >= 15 is 0 Å². The van der Waals surface area contributed by atoms with Crippen molar-refractivity contribution >= 4 is 5.91 Å². The van der Waals surface area contributed by atoms with Crippen molar-refractivity contribution in [3.05, 3.63) is 35.4 Å². The van der Waals surface area contributed by atoms with Crippen molar-refractivity contribution < 1.29 is 14.3 Å². The van der Waals surface area contributed by atoms with Gasteiger partial charge in [-0.25, -0.2) is 0 Å². The fraction of sp³-hybridized carbons (Fsp3) is 0.579. The summed E-state index contributed by atoms with van der Waals surface area (Å²) in [6, 6.07) is 9.85. The molecule has 6 heteroatoms. The van der Waals surface area contributed by atoms with Crippen LogP contribution >= 0.6 is 0 Å². The van der Waals surface area contributed by atoms with Crippen molar-refractivity contribution in [2.45, 2.75) is 32.1 Å². The van der Waals surface area contributed by atoms with E-state index in [1.54, 1.807) is 14.1 Å². The molecule has 25 heavy (non-hydrogen) atoms. The van der Waals surface area contributed by atoms with Crippen LogP contribution in [0.1, 0.15) is 25.0 Å². The number of rotatable bonds is 6. The first-order valence-electron chi connectivity index (χ1n) is 8.46. The SMILES string of the molecule is CN(C)C(=O)COC[C@@H]1CN(Cc2cccc(C#N)c2)CC(C)(C)O1. The van der Waals surface area contributed by atoms with Gasteiger partial charge >= 0.3 is 0 Å². The number of carbonyl (C=O) groups excluding carboxylic acids is 1.